The van der Waals surface area contributed by atoms with Gasteiger partial charge in [0.05, 0.1) is 12.7 Å². The number of hydrogen-bond donors (Lipinski definition) is 1. The summed E-state index contributed by atoms with van der Waals surface area (Å²) >= 11 is 0. The normalized spacial score (nSPS) is 16.3. The van der Waals surface area contributed by atoms with Gasteiger partial charge in [-0.15, -0.1) is 0 Å². The average molecular weight is 298 g/mol. The van der Waals surface area contributed by atoms with E-state index in [1.54, 1.807) is 0 Å². The highest BCUT2D eigenvalue weighted by Crippen LogP contribution is 2.07. The van der Waals surface area contributed by atoms with Crippen molar-refractivity contribution in [3.8, 4) is 0 Å². The molecule has 0 bridgehead atoms. The monoisotopic (exact) mass is 298 g/mol. The Labute approximate surface area is 126 Å². The highest BCUT2D eigenvalue weighted by molar-refractivity contribution is 6.12. The summed E-state index contributed by atoms with van der Waals surface area (Å²) in [5.41, 5.74) is 0. The van der Waals surface area contributed by atoms with Gasteiger partial charge in [0.2, 0.25) is 0 Å². The highest BCUT2D eigenvalue weighted by atomic mass is 16.5. The summed E-state index contributed by atoms with van der Waals surface area (Å²) in [4.78, 5) is 25.8. The third-order valence-electron chi connectivity index (χ3n) is 3.21. The second-order valence-electron chi connectivity index (χ2n) is 5.57. The first kappa shape index (κ1) is 17.8. The minimum Gasteiger partial charge on any atom is -0.389 e. The molecule has 2 amide bonds. The number of carbonyl (C=O) groups excluding carboxylic acids is 2. The van der Waals surface area contributed by atoms with Crippen LogP contribution in [0.1, 0.15) is 25.7 Å². The summed E-state index contributed by atoms with van der Waals surface area (Å²) in [5, 5.41) is 9.59. The number of aliphatic hydroxyl groups is 1. The van der Waals surface area contributed by atoms with Crippen molar-refractivity contribution in [2.24, 2.45) is 0 Å². The van der Waals surface area contributed by atoms with Gasteiger partial charge in [-0.05, 0) is 26.9 Å². The van der Waals surface area contributed by atoms with E-state index in [2.05, 4.69) is 0 Å². The molecule has 0 aromatic heterocycles. The van der Waals surface area contributed by atoms with Crippen LogP contribution in [-0.2, 0) is 14.3 Å². The number of hydrogen-bond acceptors (Lipinski definition) is 5. The van der Waals surface area contributed by atoms with Crippen LogP contribution in [0.5, 0.6) is 0 Å². The van der Waals surface area contributed by atoms with E-state index in [0.29, 0.717) is 26.3 Å². The molecule has 0 unspecified atom stereocenters. The first-order valence-electron chi connectivity index (χ1n) is 7.45. The number of rotatable bonds is 11. The zero-order chi connectivity index (χ0) is 15.7. The van der Waals surface area contributed by atoms with Crippen molar-refractivity contribution in [3.63, 3.8) is 0 Å². The molecule has 1 rings (SSSR count). The van der Waals surface area contributed by atoms with Crippen LogP contribution in [0, 0.1) is 0 Å². The summed E-state index contributed by atoms with van der Waals surface area (Å²) in [6, 6.07) is 0. The molecule has 0 aromatic rings. The molecule has 0 radical (unpaired) electrons. The first-order valence-corrected chi connectivity index (χ1v) is 7.45. The number of imide groups is 1. The number of unbranched alkanes of at least 4 members (excludes halogenated alkanes) is 3. The molecule has 0 aromatic carbocycles. The van der Waals surface area contributed by atoms with Crippen LogP contribution in [0.2, 0.25) is 0 Å². The second kappa shape index (κ2) is 9.65. The summed E-state index contributed by atoms with van der Waals surface area (Å²) in [7, 11) is 3.82. The van der Waals surface area contributed by atoms with E-state index in [1.165, 1.54) is 17.1 Å². The van der Waals surface area contributed by atoms with Gasteiger partial charge in [0.15, 0.2) is 0 Å². The Morgan fingerprint density at radius 1 is 1.14 bits per heavy atom. The van der Waals surface area contributed by atoms with Crippen LogP contribution in [0.15, 0.2) is 12.2 Å². The molecule has 6 heteroatoms. The zero-order valence-electron chi connectivity index (χ0n) is 13.0. The molecule has 1 heterocycles. The van der Waals surface area contributed by atoms with Gasteiger partial charge in [-0.1, -0.05) is 12.8 Å². The van der Waals surface area contributed by atoms with Crippen molar-refractivity contribution in [3.05, 3.63) is 12.2 Å². The van der Waals surface area contributed by atoms with Crippen LogP contribution in [0.4, 0.5) is 0 Å². The van der Waals surface area contributed by atoms with Crippen molar-refractivity contribution >= 4 is 11.8 Å². The lowest BCUT2D eigenvalue weighted by Gasteiger charge is -2.16. The molecule has 0 aliphatic carbocycles. The number of ether oxygens (including phenoxy) is 1. The smallest absolute Gasteiger partial charge is 0.253 e. The summed E-state index contributed by atoms with van der Waals surface area (Å²) in [6.07, 6.45) is 5.88. The minimum absolute atomic E-state index is 0.210. The topological polar surface area (TPSA) is 70.1 Å². The summed E-state index contributed by atoms with van der Waals surface area (Å²) < 4.78 is 5.41. The van der Waals surface area contributed by atoms with E-state index in [4.69, 9.17) is 4.74 Å². The quantitative estimate of drug-likeness (QED) is 0.442. The van der Waals surface area contributed by atoms with Gasteiger partial charge in [0.1, 0.15) is 0 Å². The number of carbonyl (C=O) groups is 2. The molecule has 0 fully saturated rings. The van der Waals surface area contributed by atoms with E-state index in [-0.39, 0.29) is 11.8 Å². The third kappa shape index (κ3) is 7.36. The highest BCUT2D eigenvalue weighted by Gasteiger charge is 2.21. The molecule has 1 aliphatic heterocycles. The lowest BCUT2D eigenvalue weighted by molar-refractivity contribution is -0.136. The Bertz CT molecular complexity index is 351. The van der Waals surface area contributed by atoms with E-state index < -0.39 is 6.10 Å². The average Bonchev–Trinajstić information content (AvgIpc) is 2.72. The number of amides is 2. The second-order valence-corrected chi connectivity index (χ2v) is 5.57. The molecule has 120 valence electrons. The van der Waals surface area contributed by atoms with Crippen molar-refractivity contribution in [2.45, 2.75) is 31.8 Å². The van der Waals surface area contributed by atoms with Crippen molar-refractivity contribution in [1.82, 2.24) is 9.80 Å². The fourth-order valence-corrected chi connectivity index (χ4v) is 2.17. The summed E-state index contributed by atoms with van der Waals surface area (Å²) in [5.74, 6) is -0.420. The lowest BCUT2D eigenvalue weighted by atomic mass is 10.2. The zero-order valence-corrected chi connectivity index (χ0v) is 13.0. The van der Waals surface area contributed by atoms with Crippen molar-refractivity contribution < 1.29 is 19.4 Å². The van der Waals surface area contributed by atoms with Crippen molar-refractivity contribution in [2.75, 3.05) is 40.4 Å². The van der Waals surface area contributed by atoms with E-state index >= 15 is 0 Å². The largest absolute Gasteiger partial charge is 0.389 e. The maximum absolute atomic E-state index is 11.3. The van der Waals surface area contributed by atoms with Gasteiger partial charge in [-0.2, -0.15) is 0 Å². The Kier molecular flexibility index (Phi) is 8.19. The molecular weight excluding hydrogens is 272 g/mol. The Morgan fingerprint density at radius 3 is 2.38 bits per heavy atom. The molecule has 21 heavy (non-hydrogen) atoms. The number of likely N-dealkylation sites (N-methyl/N-ethyl adjacent to an activating group) is 1. The first-order chi connectivity index (χ1) is 10.0. The molecular formula is C15H26N2O4. The fourth-order valence-electron chi connectivity index (χ4n) is 2.17. The third-order valence-corrected chi connectivity index (χ3v) is 3.21. The Balaban J connectivity index is 1.91. The fraction of sp³-hybridized carbons (Fsp3) is 0.733. The molecule has 0 saturated heterocycles. The molecule has 1 aliphatic rings. The van der Waals surface area contributed by atoms with Crippen LogP contribution in [-0.4, -0.2) is 73.2 Å². The maximum Gasteiger partial charge on any atom is 0.253 e. The Morgan fingerprint density at radius 2 is 1.76 bits per heavy atom. The van der Waals surface area contributed by atoms with Crippen LogP contribution in [0.3, 0.4) is 0 Å². The predicted molar refractivity (Wildman–Crippen MR) is 79.7 cm³/mol. The predicted octanol–water partition coefficient (Wildman–Crippen LogP) is 0.411. The molecule has 1 atom stereocenters. The number of aliphatic hydroxyl groups excluding tert-OH is 1. The number of nitrogens with zero attached hydrogens (tertiary/aromatic N) is 2. The minimum atomic E-state index is -0.445. The van der Waals surface area contributed by atoms with Gasteiger partial charge in [0.25, 0.3) is 11.8 Å². The lowest BCUT2D eigenvalue weighted by Crippen LogP contribution is -2.30. The van der Waals surface area contributed by atoms with Gasteiger partial charge in [-0.25, -0.2) is 0 Å². The Hall–Kier alpha value is -1.24. The summed E-state index contributed by atoms with van der Waals surface area (Å²) in [6.45, 7) is 2.09. The van der Waals surface area contributed by atoms with Crippen molar-refractivity contribution in [1.29, 1.82) is 0 Å². The van der Waals surface area contributed by atoms with Crippen LogP contribution in [0.25, 0.3) is 0 Å². The molecule has 6 nitrogen and oxygen atoms in total. The van der Waals surface area contributed by atoms with E-state index in [0.717, 1.165) is 25.7 Å². The standard InChI is InChI=1S/C15H26N2O4/c1-16(2)11-13(18)12-21-10-6-4-3-5-9-17-14(19)7-8-15(17)20/h7-8,13,18H,3-6,9-12H2,1-2H3/t13-/m1/s1. The maximum atomic E-state index is 11.3. The van der Waals surface area contributed by atoms with Gasteiger partial charge < -0.3 is 14.7 Å². The van der Waals surface area contributed by atoms with Gasteiger partial charge >= 0.3 is 0 Å². The molecule has 1 N–H and O–H groups in total. The van der Waals surface area contributed by atoms with Crippen LogP contribution < -0.4 is 0 Å². The molecule has 0 saturated carbocycles. The van der Waals surface area contributed by atoms with E-state index in [1.807, 2.05) is 19.0 Å². The van der Waals surface area contributed by atoms with Gasteiger partial charge in [0, 0.05) is 31.8 Å². The van der Waals surface area contributed by atoms with E-state index in [9.17, 15) is 14.7 Å². The SMILES string of the molecule is CN(C)C[C@@H](O)COCCCCCCN1C(=O)C=CC1=O. The van der Waals surface area contributed by atoms with Crippen LogP contribution >= 0.6 is 0 Å². The van der Waals surface area contributed by atoms with Gasteiger partial charge in [-0.3, -0.25) is 14.5 Å². The molecule has 0 spiro atoms.